The van der Waals surface area contributed by atoms with E-state index in [1.165, 1.54) is 12.8 Å². The molecule has 0 saturated carbocycles. The fourth-order valence-electron chi connectivity index (χ4n) is 2.88. The number of anilines is 1. The van der Waals surface area contributed by atoms with E-state index in [1.54, 1.807) is 11.8 Å². The molecule has 1 atom stereocenters. The molecule has 1 aliphatic rings. The molecule has 0 amide bonds. The topological polar surface area (TPSA) is 40.5 Å². The average molecular weight is 293 g/mol. The summed E-state index contributed by atoms with van der Waals surface area (Å²) in [4.78, 5) is 14.9. The monoisotopic (exact) mass is 293 g/mol. The van der Waals surface area contributed by atoms with E-state index in [2.05, 4.69) is 18.7 Å². The molecule has 0 bridgehead atoms. The molecule has 2 rings (SSSR count). The summed E-state index contributed by atoms with van der Waals surface area (Å²) in [5.74, 6) is 0.0761. The Kier molecular flexibility index (Phi) is 5.35. The Morgan fingerprint density at radius 3 is 2.90 bits per heavy atom. The van der Waals surface area contributed by atoms with Gasteiger partial charge in [0, 0.05) is 17.5 Å². The third-order valence-corrected chi connectivity index (χ3v) is 4.82. The summed E-state index contributed by atoms with van der Waals surface area (Å²) in [6.07, 6.45) is 4.77. The number of hydrogen-bond donors (Lipinski definition) is 1. The molecule has 0 spiro atoms. The standard InChI is InChI=1S/C16H23NO2S/c1-3-20-14-10-7-9-13(15(14)16(18)19)17-11-6-4-5-8-12(17)2/h7,9-10,12H,3-6,8,11H2,1-2H3,(H,18,19). The van der Waals surface area contributed by atoms with Crippen LogP contribution in [-0.4, -0.2) is 29.4 Å². The number of carbonyl (C=O) groups is 1. The zero-order chi connectivity index (χ0) is 14.5. The molecule has 1 saturated heterocycles. The van der Waals surface area contributed by atoms with Gasteiger partial charge in [-0.25, -0.2) is 4.79 Å². The van der Waals surface area contributed by atoms with Gasteiger partial charge in [0.1, 0.15) is 0 Å². The molecule has 1 heterocycles. The number of aromatic carboxylic acids is 1. The van der Waals surface area contributed by atoms with E-state index in [4.69, 9.17) is 0 Å². The zero-order valence-electron chi connectivity index (χ0n) is 12.3. The lowest BCUT2D eigenvalue weighted by atomic mass is 10.1. The van der Waals surface area contributed by atoms with E-state index >= 15 is 0 Å². The van der Waals surface area contributed by atoms with E-state index in [1.807, 2.05) is 18.2 Å². The van der Waals surface area contributed by atoms with Crippen LogP contribution in [0.2, 0.25) is 0 Å². The lowest BCUT2D eigenvalue weighted by Crippen LogP contribution is -2.33. The molecule has 1 unspecified atom stereocenters. The third kappa shape index (κ3) is 3.29. The van der Waals surface area contributed by atoms with Crippen LogP contribution in [0.5, 0.6) is 0 Å². The van der Waals surface area contributed by atoms with E-state index < -0.39 is 5.97 Å². The molecule has 110 valence electrons. The van der Waals surface area contributed by atoms with Crippen molar-refractivity contribution >= 4 is 23.4 Å². The summed E-state index contributed by atoms with van der Waals surface area (Å²) < 4.78 is 0. The number of thioether (sulfide) groups is 1. The molecule has 0 aromatic heterocycles. The minimum Gasteiger partial charge on any atom is -0.478 e. The molecule has 1 aromatic carbocycles. The van der Waals surface area contributed by atoms with Gasteiger partial charge in [-0.2, -0.15) is 0 Å². The molecule has 1 aromatic rings. The number of benzene rings is 1. The summed E-state index contributed by atoms with van der Waals surface area (Å²) in [6, 6.07) is 6.28. The Labute approximate surface area is 125 Å². The van der Waals surface area contributed by atoms with Crippen molar-refractivity contribution in [3.8, 4) is 0 Å². The maximum Gasteiger partial charge on any atom is 0.338 e. The summed E-state index contributed by atoms with van der Waals surface area (Å²) in [6.45, 7) is 5.22. The van der Waals surface area contributed by atoms with Gasteiger partial charge in [-0.1, -0.05) is 25.8 Å². The Balaban J connectivity index is 2.43. The van der Waals surface area contributed by atoms with Crippen LogP contribution in [-0.2, 0) is 0 Å². The first kappa shape index (κ1) is 15.2. The van der Waals surface area contributed by atoms with E-state index in [9.17, 15) is 9.90 Å². The van der Waals surface area contributed by atoms with Crippen molar-refractivity contribution in [3.05, 3.63) is 23.8 Å². The Hall–Kier alpha value is -1.16. The van der Waals surface area contributed by atoms with Crippen molar-refractivity contribution in [1.29, 1.82) is 0 Å². The predicted molar refractivity (Wildman–Crippen MR) is 85.1 cm³/mol. The van der Waals surface area contributed by atoms with Crippen LogP contribution in [0.25, 0.3) is 0 Å². The first-order valence-electron chi connectivity index (χ1n) is 7.41. The molecule has 20 heavy (non-hydrogen) atoms. The van der Waals surface area contributed by atoms with Crippen molar-refractivity contribution in [3.63, 3.8) is 0 Å². The smallest absolute Gasteiger partial charge is 0.338 e. The Morgan fingerprint density at radius 2 is 2.20 bits per heavy atom. The number of carboxylic acid groups (broad SMARTS) is 1. The van der Waals surface area contributed by atoms with E-state index in [0.29, 0.717) is 11.6 Å². The fourth-order valence-corrected chi connectivity index (χ4v) is 3.70. The number of carboxylic acids is 1. The highest BCUT2D eigenvalue weighted by molar-refractivity contribution is 7.99. The van der Waals surface area contributed by atoms with Crippen LogP contribution in [0.4, 0.5) is 5.69 Å². The fraction of sp³-hybridized carbons (Fsp3) is 0.562. The van der Waals surface area contributed by atoms with Crippen LogP contribution in [0.1, 0.15) is 49.9 Å². The highest BCUT2D eigenvalue weighted by Crippen LogP contribution is 2.33. The molecule has 0 aliphatic carbocycles. The first-order valence-corrected chi connectivity index (χ1v) is 8.39. The van der Waals surface area contributed by atoms with E-state index in [-0.39, 0.29) is 0 Å². The zero-order valence-corrected chi connectivity index (χ0v) is 13.1. The molecular formula is C16H23NO2S. The van der Waals surface area contributed by atoms with Crippen molar-refractivity contribution < 1.29 is 9.90 Å². The molecule has 4 heteroatoms. The minimum absolute atomic E-state index is 0.414. The Bertz CT molecular complexity index is 476. The van der Waals surface area contributed by atoms with Crippen LogP contribution < -0.4 is 4.90 Å². The highest BCUT2D eigenvalue weighted by Gasteiger charge is 2.24. The minimum atomic E-state index is -0.812. The number of hydrogen-bond acceptors (Lipinski definition) is 3. The summed E-state index contributed by atoms with van der Waals surface area (Å²) in [5, 5.41) is 9.62. The second-order valence-corrected chi connectivity index (χ2v) is 6.59. The van der Waals surface area contributed by atoms with Gasteiger partial charge in [0.2, 0.25) is 0 Å². The Morgan fingerprint density at radius 1 is 1.40 bits per heavy atom. The van der Waals surface area contributed by atoms with Gasteiger partial charge >= 0.3 is 5.97 Å². The van der Waals surface area contributed by atoms with E-state index in [0.717, 1.165) is 35.7 Å². The van der Waals surface area contributed by atoms with Crippen LogP contribution in [0, 0.1) is 0 Å². The SMILES string of the molecule is CCSc1cccc(N2CCCCCC2C)c1C(=O)O. The van der Waals surface area contributed by atoms with Gasteiger partial charge < -0.3 is 10.0 Å². The van der Waals surface area contributed by atoms with Crippen LogP contribution >= 0.6 is 11.8 Å². The largest absolute Gasteiger partial charge is 0.478 e. The second kappa shape index (κ2) is 7.02. The van der Waals surface area contributed by atoms with Gasteiger partial charge in [0.15, 0.2) is 0 Å². The third-order valence-electron chi connectivity index (χ3n) is 3.88. The molecule has 3 nitrogen and oxygen atoms in total. The van der Waals surface area contributed by atoms with Gasteiger partial charge in [-0.05, 0) is 37.7 Å². The van der Waals surface area contributed by atoms with Crippen molar-refractivity contribution in [2.45, 2.75) is 50.5 Å². The van der Waals surface area contributed by atoms with Gasteiger partial charge in [-0.3, -0.25) is 0 Å². The predicted octanol–water partition coefficient (Wildman–Crippen LogP) is 4.27. The normalized spacial score (nSPS) is 19.7. The van der Waals surface area contributed by atoms with Gasteiger partial charge in [-0.15, -0.1) is 11.8 Å². The first-order chi connectivity index (χ1) is 9.65. The summed E-state index contributed by atoms with van der Waals surface area (Å²) in [7, 11) is 0. The lowest BCUT2D eigenvalue weighted by molar-refractivity contribution is 0.0693. The van der Waals surface area contributed by atoms with Crippen molar-refractivity contribution in [2.75, 3.05) is 17.2 Å². The quantitative estimate of drug-likeness (QED) is 0.842. The van der Waals surface area contributed by atoms with Crippen molar-refractivity contribution in [1.82, 2.24) is 0 Å². The second-order valence-electron chi connectivity index (χ2n) is 5.28. The van der Waals surface area contributed by atoms with Crippen LogP contribution in [0.15, 0.2) is 23.1 Å². The van der Waals surface area contributed by atoms with Crippen LogP contribution in [0.3, 0.4) is 0 Å². The van der Waals surface area contributed by atoms with Gasteiger partial charge in [0.25, 0.3) is 0 Å². The molecule has 1 N–H and O–H groups in total. The number of rotatable bonds is 4. The number of nitrogens with zero attached hydrogens (tertiary/aromatic N) is 1. The average Bonchev–Trinajstić information content (AvgIpc) is 2.63. The molecule has 0 radical (unpaired) electrons. The maximum absolute atomic E-state index is 11.7. The molecular weight excluding hydrogens is 270 g/mol. The maximum atomic E-state index is 11.7. The molecule has 1 fully saturated rings. The van der Waals surface area contributed by atoms with Gasteiger partial charge in [0.05, 0.1) is 11.3 Å². The lowest BCUT2D eigenvalue weighted by Gasteiger charge is -2.31. The van der Waals surface area contributed by atoms with Crippen molar-refractivity contribution in [2.24, 2.45) is 0 Å². The molecule has 1 aliphatic heterocycles. The highest BCUT2D eigenvalue weighted by atomic mass is 32.2. The summed E-state index contributed by atoms with van der Waals surface area (Å²) in [5.41, 5.74) is 1.37. The summed E-state index contributed by atoms with van der Waals surface area (Å²) >= 11 is 1.61.